The van der Waals surface area contributed by atoms with Crippen molar-refractivity contribution in [3.63, 3.8) is 0 Å². The number of nitrogens with one attached hydrogen (secondary N) is 1. The Hall–Kier alpha value is -1.13. The van der Waals surface area contributed by atoms with Gasteiger partial charge >= 0.3 is 0 Å². The molecule has 4 nitrogen and oxygen atoms in total. The number of hydrogen-bond donors (Lipinski definition) is 1. The molecule has 0 aliphatic carbocycles. The maximum atomic E-state index is 5.15. The minimum Gasteiger partial charge on any atom is -0.383 e. The summed E-state index contributed by atoms with van der Waals surface area (Å²) in [6.07, 6.45) is 1.85. The molecule has 0 fully saturated rings. The molecular weight excluding hydrogens is 226 g/mol. The van der Waals surface area contributed by atoms with Gasteiger partial charge in [-0.25, -0.2) is 4.98 Å². The Morgan fingerprint density at radius 1 is 1.44 bits per heavy atom. The molecular formula is C14H25N3O. The fraction of sp³-hybridized carbons (Fsp3) is 0.643. The smallest absolute Gasteiger partial charge is 0.133 e. The van der Waals surface area contributed by atoms with Crippen molar-refractivity contribution in [1.29, 1.82) is 0 Å². The maximum Gasteiger partial charge on any atom is 0.133 e. The fourth-order valence-electron chi connectivity index (χ4n) is 1.78. The predicted molar refractivity (Wildman–Crippen MR) is 76.0 cm³/mol. The normalized spacial score (nSPS) is 10.9. The molecule has 0 aliphatic heterocycles. The molecule has 4 heteroatoms. The van der Waals surface area contributed by atoms with Crippen LogP contribution in [0.2, 0.25) is 0 Å². The summed E-state index contributed by atoms with van der Waals surface area (Å²) in [5, 5.41) is 3.44. The Balaban J connectivity index is 2.78. The molecule has 1 N–H and O–H groups in total. The summed E-state index contributed by atoms with van der Waals surface area (Å²) in [6.45, 7) is 9.83. The number of pyridine rings is 1. The van der Waals surface area contributed by atoms with Crippen LogP contribution in [0.15, 0.2) is 18.3 Å². The topological polar surface area (TPSA) is 37.4 Å². The van der Waals surface area contributed by atoms with E-state index >= 15 is 0 Å². The lowest BCUT2D eigenvalue weighted by molar-refractivity contribution is 0.205. The summed E-state index contributed by atoms with van der Waals surface area (Å²) in [4.78, 5) is 6.76. The van der Waals surface area contributed by atoms with Gasteiger partial charge in [0, 0.05) is 44.5 Å². The number of methoxy groups -OCH3 is 1. The molecule has 0 spiro atoms. The number of rotatable bonds is 8. The Kier molecular flexibility index (Phi) is 6.68. The van der Waals surface area contributed by atoms with Gasteiger partial charge in [-0.1, -0.05) is 19.9 Å². The fourth-order valence-corrected chi connectivity index (χ4v) is 1.78. The SMILES string of the molecule is CCN(CCOC)c1ncccc1CNC(C)C. The van der Waals surface area contributed by atoms with Crippen LogP contribution in [-0.4, -0.2) is 37.8 Å². The predicted octanol–water partition coefficient (Wildman–Crippen LogP) is 2.05. The third-order valence-corrected chi connectivity index (χ3v) is 2.81. The van der Waals surface area contributed by atoms with Crippen LogP contribution >= 0.6 is 0 Å². The van der Waals surface area contributed by atoms with Crippen molar-refractivity contribution in [1.82, 2.24) is 10.3 Å². The zero-order chi connectivity index (χ0) is 13.4. The lowest BCUT2D eigenvalue weighted by Crippen LogP contribution is -2.30. The molecule has 1 aromatic rings. The van der Waals surface area contributed by atoms with E-state index in [1.165, 1.54) is 5.56 Å². The Bertz CT molecular complexity index is 342. The van der Waals surface area contributed by atoms with E-state index < -0.39 is 0 Å². The van der Waals surface area contributed by atoms with Gasteiger partial charge in [0.25, 0.3) is 0 Å². The quantitative estimate of drug-likeness (QED) is 0.767. The van der Waals surface area contributed by atoms with E-state index in [1.807, 2.05) is 12.3 Å². The van der Waals surface area contributed by atoms with Crippen LogP contribution < -0.4 is 10.2 Å². The highest BCUT2D eigenvalue weighted by atomic mass is 16.5. The first-order valence-electron chi connectivity index (χ1n) is 6.60. The van der Waals surface area contributed by atoms with Crippen molar-refractivity contribution < 1.29 is 4.74 Å². The molecule has 0 amide bonds. The first-order valence-corrected chi connectivity index (χ1v) is 6.60. The van der Waals surface area contributed by atoms with E-state index in [0.717, 1.165) is 32.1 Å². The number of nitrogens with zero attached hydrogens (tertiary/aromatic N) is 2. The Labute approximate surface area is 110 Å². The molecule has 1 heterocycles. The molecule has 1 aromatic heterocycles. The van der Waals surface area contributed by atoms with Crippen molar-refractivity contribution in [2.75, 3.05) is 31.7 Å². The average Bonchev–Trinajstić information content (AvgIpc) is 2.38. The first-order chi connectivity index (χ1) is 8.69. The molecule has 102 valence electrons. The summed E-state index contributed by atoms with van der Waals surface area (Å²) in [5.41, 5.74) is 1.24. The highest BCUT2D eigenvalue weighted by Gasteiger charge is 2.10. The van der Waals surface area contributed by atoms with Gasteiger partial charge in [0.15, 0.2) is 0 Å². The number of aromatic nitrogens is 1. The second-order valence-electron chi connectivity index (χ2n) is 4.59. The van der Waals surface area contributed by atoms with Crippen molar-refractivity contribution >= 4 is 5.82 Å². The molecule has 0 bridgehead atoms. The van der Waals surface area contributed by atoms with Crippen molar-refractivity contribution in [3.05, 3.63) is 23.9 Å². The van der Waals surface area contributed by atoms with Crippen molar-refractivity contribution in [3.8, 4) is 0 Å². The molecule has 0 radical (unpaired) electrons. The second-order valence-corrected chi connectivity index (χ2v) is 4.59. The zero-order valence-electron chi connectivity index (χ0n) is 11.9. The van der Waals surface area contributed by atoms with Gasteiger partial charge in [0.2, 0.25) is 0 Å². The monoisotopic (exact) mass is 251 g/mol. The Morgan fingerprint density at radius 2 is 2.22 bits per heavy atom. The Morgan fingerprint density at radius 3 is 2.83 bits per heavy atom. The van der Waals surface area contributed by atoms with E-state index in [2.05, 4.69) is 42.0 Å². The highest BCUT2D eigenvalue weighted by Crippen LogP contribution is 2.16. The van der Waals surface area contributed by atoms with E-state index in [-0.39, 0.29) is 0 Å². The van der Waals surface area contributed by atoms with Gasteiger partial charge in [-0.15, -0.1) is 0 Å². The van der Waals surface area contributed by atoms with Gasteiger partial charge in [0.1, 0.15) is 5.82 Å². The van der Waals surface area contributed by atoms with Crippen LogP contribution in [0.25, 0.3) is 0 Å². The molecule has 0 aliphatic rings. The van der Waals surface area contributed by atoms with Gasteiger partial charge in [-0.2, -0.15) is 0 Å². The molecule has 0 atom stereocenters. The van der Waals surface area contributed by atoms with Crippen LogP contribution in [-0.2, 0) is 11.3 Å². The summed E-state index contributed by atoms with van der Waals surface area (Å²) in [5.74, 6) is 1.06. The molecule has 1 rings (SSSR count). The third kappa shape index (κ3) is 4.63. The molecule has 18 heavy (non-hydrogen) atoms. The second kappa shape index (κ2) is 8.06. The van der Waals surface area contributed by atoms with E-state index in [4.69, 9.17) is 4.74 Å². The number of anilines is 1. The van der Waals surface area contributed by atoms with Gasteiger partial charge in [-0.3, -0.25) is 0 Å². The summed E-state index contributed by atoms with van der Waals surface area (Å²) in [7, 11) is 1.73. The summed E-state index contributed by atoms with van der Waals surface area (Å²) in [6, 6.07) is 4.60. The molecule has 0 saturated carbocycles. The standard InChI is InChI=1S/C14H25N3O/c1-5-17(9-10-18-4)14-13(7-6-8-15-14)11-16-12(2)3/h6-8,12,16H,5,9-11H2,1-4H3. The average molecular weight is 251 g/mol. The van der Waals surface area contributed by atoms with Crippen LogP contribution in [0.5, 0.6) is 0 Å². The molecule has 0 unspecified atom stereocenters. The zero-order valence-corrected chi connectivity index (χ0v) is 11.9. The minimum absolute atomic E-state index is 0.479. The lowest BCUT2D eigenvalue weighted by atomic mass is 10.2. The van der Waals surface area contributed by atoms with Crippen molar-refractivity contribution in [2.24, 2.45) is 0 Å². The van der Waals surface area contributed by atoms with E-state index in [0.29, 0.717) is 6.04 Å². The van der Waals surface area contributed by atoms with Gasteiger partial charge < -0.3 is 15.0 Å². The molecule has 0 aromatic carbocycles. The van der Waals surface area contributed by atoms with Crippen molar-refractivity contribution in [2.45, 2.75) is 33.4 Å². The molecule has 0 saturated heterocycles. The maximum absolute atomic E-state index is 5.15. The van der Waals surface area contributed by atoms with E-state index in [1.54, 1.807) is 7.11 Å². The number of hydrogen-bond acceptors (Lipinski definition) is 4. The van der Waals surface area contributed by atoms with Crippen LogP contribution in [0.4, 0.5) is 5.82 Å². The largest absolute Gasteiger partial charge is 0.383 e. The minimum atomic E-state index is 0.479. The van der Waals surface area contributed by atoms with Gasteiger partial charge in [0.05, 0.1) is 6.61 Å². The summed E-state index contributed by atoms with van der Waals surface area (Å²) >= 11 is 0. The first kappa shape index (κ1) is 14.9. The third-order valence-electron chi connectivity index (χ3n) is 2.81. The van der Waals surface area contributed by atoms with E-state index in [9.17, 15) is 0 Å². The lowest BCUT2D eigenvalue weighted by Gasteiger charge is -2.24. The number of ether oxygens (including phenoxy) is 1. The highest BCUT2D eigenvalue weighted by molar-refractivity contribution is 5.46. The van der Waals surface area contributed by atoms with Crippen LogP contribution in [0.3, 0.4) is 0 Å². The summed E-state index contributed by atoms with van der Waals surface area (Å²) < 4.78 is 5.15. The van der Waals surface area contributed by atoms with Crippen LogP contribution in [0.1, 0.15) is 26.3 Å². The van der Waals surface area contributed by atoms with Gasteiger partial charge in [-0.05, 0) is 13.0 Å². The van der Waals surface area contributed by atoms with Crippen LogP contribution in [0, 0.1) is 0 Å². The number of likely N-dealkylation sites (N-methyl/N-ethyl adjacent to an activating group) is 1.